The Hall–Kier alpha value is -4.50. The van der Waals surface area contributed by atoms with E-state index < -0.39 is 11.8 Å². The number of imidazole rings is 1. The number of H-pyrrole nitrogens is 2. The van der Waals surface area contributed by atoms with Crippen molar-refractivity contribution in [3.05, 3.63) is 78.4 Å². The second-order valence-electron chi connectivity index (χ2n) is 8.62. The summed E-state index contributed by atoms with van der Waals surface area (Å²) in [6.07, 6.45) is 3.46. The van der Waals surface area contributed by atoms with Crippen molar-refractivity contribution < 1.29 is 19.0 Å². The normalized spacial score (nSPS) is 11.3. The average molecular weight is 486 g/mol. The van der Waals surface area contributed by atoms with E-state index in [1.807, 2.05) is 55.4 Å². The van der Waals surface area contributed by atoms with Crippen LogP contribution in [-0.2, 0) is 0 Å². The number of aromatic amines is 2. The number of aromatic nitrogens is 4. The van der Waals surface area contributed by atoms with Crippen molar-refractivity contribution in [1.29, 1.82) is 0 Å². The molecule has 0 aliphatic rings. The van der Waals surface area contributed by atoms with Gasteiger partial charge in [0.1, 0.15) is 29.6 Å². The van der Waals surface area contributed by atoms with E-state index in [9.17, 15) is 14.3 Å². The molecule has 0 radical (unpaired) electrons. The van der Waals surface area contributed by atoms with Gasteiger partial charge in [-0.2, -0.15) is 0 Å². The predicted molar refractivity (Wildman–Crippen MR) is 136 cm³/mol. The molecule has 0 spiro atoms. The number of likely N-dealkylation sites (N-methyl/N-ethyl adjacent to an activating group) is 1. The molecule has 5 aromatic rings. The van der Waals surface area contributed by atoms with Crippen LogP contribution in [0.15, 0.2) is 67.0 Å². The highest BCUT2D eigenvalue weighted by molar-refractivity contribution is 5.97. The summed E-state index contributed by atoms with van der Waals surface area (Å²) in [4.78, 5) is 29.2. The highest BCUT2D eigenvalue weighted by Crippen LogP contribution is 2.37. The van der Waals surface area contributed by atoms with Gasteiger partial charge in [0.25, 0.3) is 0 Å². The zero-order valence-corrected chi connectivity index (χ0v) is 19.7. The number of carboxylic acids is 1. The van der Waals surface area contributed by atoms with E-state index in [0.29, 0.717) is 35.0 Å². The maximum Gasteiger partial charge on any atom is 0.335 e. The fourth-order valence-electron chi connectivity index (χ4n) is 4.00. The number of carboxylic acid groups (broad SMARTS) is 1. The van der Waals surface area contributed by atoms with Gasteiger partial charge in [-0.3, -0.25) is 0 Å². The van der Waals surface area contributed by atoms with Crippen molar-refractivity contribution >= 4 is 17.0 Å². The van der Waals surface area contributed by atoms with E-state index in [-0.39, 0.29) is 5.56 Å². The van der Waals surface area contributed by atoms with Crippen molar-refractivity contribution in [3.63, 3.8) is 0 Å². The number of halogens is 1. The highest BCUT2D eigenvalue weighted by atomic mass is 19.1. The summed E-state index contributed by atoms with van der Waals surface area (Å²) >= 11 is 0. The largest absolute Gasteiger partial charge is 0.492 e. The van der Waals surface area contributed by atoms with Crippen LogP contribution >= 0.6 is 0 Å². The lowest BCUT2D eigenvalue weighted by molar-refractivity contribution is 0.0696. The molecule has 0 unspecified atom stereocenters. The Kier molecular flexibility index (Phi) is 6.22. The number of benzene rings is 2. The molecule has 36 heavy (non-hydrogen) atoms. The lowest BCUT2D eigenvalue weighted by atomic mass is 10.0. The summed E-state index contributed by atoms with van der Waals surface area (Å²) in [6, 6.07) is 15.0. The van der Waals surface area contributed by atoms with Gasteiger partial charge in [0.2, 0.25) is 0 Å². The second kappa shape index (κ2) is 9.63. The van der Waals surface area contributed by atoms with E-state index in [4.69, 9.17) is 9.72 Å². The molecule has 2 aromatic carbocycles. The molecule has 0 fully saturated rings. The fourth-order valence-corrected chi connectivity index (χ4v) is 4.00. The van der Waals surface area contributed by atoms with E-state index in [2.05, 4.69) is 15.0 Å². The third-order valence-corrected chi connectivity index (χ3v) is 5.79. The number of pyridine rings is 1. The number of fused-ring (bicyclic) bond motifs is 1. The van der Waals surface area contributed by atoms with Crippen molar-refractivity contribution in [3.8, 4) is 39.7 Å². The van der Waals surface area contributed by atoms with E-state index in [1.165, 1.54) is 12.1 Å². The van der Waals surface area contributed by atoms with Crippen LogP contribution in [-0.4, -0.2) is 63.2 Å². The summed E-state index contributed by atoms with van der Waals surface area (Å²) in [6.45, 7) is 1.37. The molecular weight excluding hydrogens is 461 g/mol. The summed E-state index contributed by atoms with van der Waals surface area (Å²) < 4.78 is 20.2. The van der Waals surface area contributed by atoms with Gasteiger partial charge in [-0.25, -0.2) is 19.2 Å². The van der Waals surface area contributed by atoms with Gasteiger partial charge in [0, 0.05) is 41.0 Å². The molecule has 8 nitrogen and oxygen atoms in total. The summed E-state index contributed by atoms with van der Waals surface area (Å²) in [5, 5.41) is 10.3. The predicted octanol–water partition coefficient (Wildman–Crippen LogP) is 5.06. The maximum atomic E-state index is 14.4. The topological polar surface area (TPSA) is 107 Å². The number of hydrogen-bond acceptors (Lipinski definition) is 5. The first-order valence-electron chi connectivity index (χ1n) is 11.3. The minimum absolute atomic E-state index is 0.152. The molecule has 0 bridgehead atoms. The Morgan fingerprint density at radius 2 is 1.89 bits per heavy atom. The van der Waals surface area contributed by atoms with Crippen molar-refractivity contribution in [2.24, 2.45) is 0 Å². The molecule has 0 amide bonds. The number of nitrogens with one attached hydrogen (secondary N) is 2. The van der Waals surface area contributed by atoms with Crippen LogP contribution in [0, 0.1) is 5.82 Å². The Morgan fingerprint density at radius 1 is 1.08 bits per heavy atom. The summed E-state index contributed by atoms with van der Waals surface area (Å²) in [5.74, 6) is -0.565. The van der Waals surface area contributed by atoms with Gasteiger partial charge in [-0.1, -0.05) is 0 Å². The number of hydrogen-bond donors (Lipinski definition) is 3. The van der Waals surface area contributed by atoms with Gasteiger partial charge < -0.3 is 24.7 Å². The van der Waals surface area contributed by atoms with E-state index in [1.54, 1.807) is 12.4 Å². The number of ether oxygens (including phenoxy) is 1. The smallest absolute Gasteiger partial charge is 0.335 e. The zero-order chi connectivity index (χ0) is 25.2. The van der Waals surface area contributed by atoms with Crippen molar-refractivity contribution in [2.45, 2.75) is 0 Å². The van der Waals surface area contributed by atoms with Gasteiger partial charge in [0.05, 0.1) is 17.0 Å². The average Bonchev–Trinajstić information content (AvgIpc) is 3.51. The third-order valence-electron chi connectivity index (χ3n) is 5.79. The first-order chi connectivity index (χ1) is 17.4. The molecule has 0 atom stereocenters. The lowest BCUT2D eigenvalue weighted by Crippen LogP contribution is -2.19. The van der Waals surface area contributed by atoms with Gasteiger partial charge in [0.15, 0.2) is 0 Å². The lowest BCUT2D eigenvalue weighted by Gasteiger charge is -2.11. The quantitative estimate of drug-likeness (QED) is 0.283. The van der Waals surface area contributed by atoms with Crippen LogP contribution in [0.2, 0.25) is 0 Å². The van der Waals surface area contributed by atoms with Crippen molar-refractivity contribution in [1.82, 2.24) is 24.8 Å². The van der Waals surface area contributed by atoms with Crippen LogP contribution in [0.5, 0.6) is 5.75 Å². The maximum absolute atomic E-state index is 14.4. The first kappa shape index (κ1) is 23.3. The molecule has 0 aliphatic heterocycles. The second-order valence-corrected chi connectivity index (χ2v) is 8.62. The first-order valence-corrected chi connectivity index (χ1v) is 11.3. The molecule has 3 N–H and O–H groups in total. The fraction of sp³-hybridized carbons (Fsp3) is 0.148. The highest BCUT2D eigenvalue weighted by Gasteiger charge is 2.20. The number of carbonyl (C=O) groups is 1. The Morgan fingerprint density at radius 3 is 2.64 bits per heavy atom. The summed E-state index contributed by atoms with van der Waals surface area (Å²) in [5.41, 5.74) is 3.57. The van der Waals surface area contributed by atoms with Gasteiger partial charge in [-0.05, 0) is 68.7 Å². The summed E-state index contributed by atoms with van der Waals surface area (Å²) in [7, 11) is 3.97. The van der Waals surface area contributed by atoms with Crippen molar-refractivity contribution in [2.75, 3.05) is 27.2 Å². The number of aromatic carboxylic acids is 1. The Balaban J connectivity index is 1.60. The van der Waals surface area contributed by atoms with Gasteiger partial charge >= 0.3 is 5.97 Å². The molecule has 3 aromatic heterocycles. The van der Waals surface area contributed by atoms with Crippen LogP contribution < -0.4 is 4.74 Å². The minimum atomic E-state index is -1.21. The third kappa shape index (κ3) is 4.69. The van der Waals surface area contributed by atoms with Crippen LogP contribution in [0.4, 0.5) is 4.39 Å². The van der Waals surface area contributed by atoms with E-state index >= 15 is 0 Å². The van der Waals surface area contributed by atoms with Crippen LogP contribution in [0.25, 0.3) is 44.9 Å². The van der Waals surface area contributed by atoms with Crippen LogP contribution in [0.1, 0.15) is 10.4 Å². The molecule has 0 aliphatic carbocycles. The SMILES string of the molecule is CN(C)CCOc1ccc(-c2nc(-c3cc(F)cc(C(=O)O)c3)c(-c3ccnc4[nH]ccc34)[nH]2)cc1. The standard InChI is InChI=1S/C27H24FN5O3/c1-33(2)11-12-36-20-5-3-16(4-6-20)25-31-23(17-13-18(27(34)35)15-19(28)14-17)24(32-25)21-7-9-29-26-22(21)8-10-30-26/h3-10,13-15H,11-12H2,1-2H3,(H,29,30)(H,31,32)(H,34,35). The molecule has 182 valence electrons. The molecule has 9 heteroatoms. The number of nitrogens with zero attached hydrogens (tertiary/aromatic N) is 3. The molecule has 3 heterocycles. The molecule has 0 saturated carbocycles. The Labute approximate surface area is 206 Å². The van der Waals surface area contributed by atoms with E-state index in [0.717, 1.165) is 34.9 Å². The molecule has 5 rings (SSSR count). The monoisotopic (exact) mass is 485 g/mol. The molecule has 0 saturated heterocycles. The number of rotatable bonds is 8. The van der Waals surface area contributed by atoms with Crippen LogP contribution in [0.3, 0.4) is 0 Å². The Bertz CT molecular complexity index is 1540. The molecular formula is C27H24FN5O3. The zero-order valence-electron chi connectivity index (χ0n) is 19.7. The van der Waals surface area contributed by atoms with Gasteiger partial charge in [-0.15, -0.1) is 0 Å². The minimum Gasteiger partial charge on any atom is -0.492 e.